The van der Waals surface area contributed by atoms with Gasteiger partial charge in [-0.15, -0.1) is 0 Å². The Morgan fingerprint density at radius 1 is 1.69 bits per heavy atom. The van der Waals surface area contributed by atoms with Crippen LogP contribution in [0.4, 0.5) is 0 Å². The lowest BCUT2D eigenvalue weighted by molar-refractivity contribution is 0.179. The zero-order valence-corrected chi connectivity index (χ0v) is 9.19. The number of rotatable bonds is 3. The van der Waals surface area contributed by atoms with E-state index in [1.165, 1.54) is 0 Å². The van der Waals surface area contributed by atoms with Crippen LogP contribution in [-0.2, 0) is 4.74 Å². The van der Waals surface area contributed by atoms with Gasteiger partial charge in [-0.2, -0.15) is 0 Å². The summed E-state index contributed by atoms with van der Waals surface area (Å²) in [5.74, 6) is 0. The largest absolute Gasteiger partial charge is 0.379 e. The first kappa shape index (κ1) is 10.7. The van der Waals surface area contributed by atoms with Gasteiger partial charge in [0.1, 0.15) is 0 Å². The SMILES string of the molecule is CCCNC(=S)N(C)C1CCOC1. The molecule has 1 N–H and O–H groups in total. The van der Waals surface area contributed by atoms with E-state index in [2.05, 4.69) is 17.1 Å². The predicted octanol–water partition coefficient (Wildman–Crippen LogP) is 0.992. The number of nitrogens with zero attached hydrogens (tertiary/aromatic N) is 1. The molecule has 13 heavy (non-hydrogen) atoms. The Morgan fingerprint density at radius 3 is 3.00 bits per heavy atom. The lowest BCUT2D eigenvalue weighted by Gasteiger charge is -2.26. The van der Waals surface area contributed by atoms with Crippen molar-refractivity contribution in [2.75, 3.05) is 26.8 Å². The minimum Gasteiger partial charge on any atom is -0.379 e. The lowest BCUT2D eigenvalue weighted by Crippen LogP contribution is -2.43. The Labute approximate surface area is 85.4 Å². The van der Waals surface area contributed by atoms with Crippen LogP contribution in [0, 0.1) is 0 Å². The zero-order valence-electron chi connectivity index (χ0n) is 8.38. The van der Waals surface area contributed by atoms with Crippen LogP contribution in [-0.4, -0.2) is 42.9 Å². The van der Waals surface area contributed by atoms with Gasteiger partial charge in [-0.25, -0.2) is 0 Å². The highest BCUT2D eigenvalue weighted by atomic mass is 32.1. The smallest absolute Gasteiger partial charge is 0.169 e. The Morgan fingerprint density at radius 2 is 2.46 bits per heavy atom. The van der Waals surface area contributed by atoms with Crippen molar-refractivity contribution in [1.29, 1.82) is 0 Å². The molecule has 0 aromatic rings. The van der Waals surface area contributed by atoms with E-state index in [9.17, 15) is 0 Å². The fourth-order valence-corrected chi connectivity index (χ4v) is 1.60. The van der Waals surface area contributed by atoms with E-state index >= 15 is 0 Å². The monoisotopic (exact) mass is 202 g/mol. The second kappa shape index (κ2) is 5.40. The third-order valence-electron chi connectivity index (χ3n) is 2.30. The van der Waals surface area contributed by atoms with Gasteiger partial charge in [-0.1, -0.05) is 6.92 Å². The van der Waals surface area contributed by atoms with Crippen molar-refractivity contribution in [3.05, 3.63) is 0 Å². The van der Waals surface area contributed by atoms with Gasteiger partial charge >= 0.3 is 0 Å². The first-order chi connectivity index (χ1) is 6.25. The standard InChI is InChI=1S/C9H18N2OS/c1-3-5-10-9(13)11(2)8-4-6-12-7-8/h8H,3-7H2,1-2H3,(H,10,13). The van der Waals surface area contributed by atoms with Crippen LogP contribution >= 0.6 is 12.2 Å². The average molecular weight is 202 g/mol. The second-order valence-electron chi connectivity index (χ2n) is 3.36. The molecule has 1 rings (SSSR count). The van der Waals surface area contributed by atoms with Crippen molar-refractivity contribution in [1.82, 2.24) is 10.2 Å². The molecule has 0 spiro atoms. The van der Waals surface area contributed by atoms with Crippen LogP contribution < -0.4 is 5.32 Å². The highest BCUT2D eigenvalue weighted by Crippen LogP contribution is 2.10. The Balaban J connectivity index is 2.28. The molecule has 0 saturated carbocycles. The molecule has 1 saturated heterocycles. The molecular weight excluding hydrogens is 184 g/mol. The summed E-state index contributed by atoms with van der Waals surface area (Å²) in [4.78, 5) is 2.11. The molecule has 76 valence electrons. The molecule has 0 aliphatic carbocycles. The Kier molecular flexibility index (Phi) is 4.45. The first-order valence-electron chi connectivity index (χ1n) is 4.84. The highest BCUT2D eigenvalue weighted by molar-refractivity contribution is 7.80. The van der Waals surface area contributed by atoms with Crippen LogP contribution in [0.3, 0.4) is 0 Å². The van der Waals surface area contributed by atoms with E-state index in [0.29, 0.717) is 6.04 Å². The molecule has 0 amide bonds. The molecule has 1 aliphatic rings. The first-order valence-corrected chi connectivity index (χ1v) is 5.25. The number of hydrogen-bond acceptors (Lipinski definition) is 2. The molecule has 0 bridgehead atoms. The number of nitrogens with one attached hydrogen (secondary N) is 1. The van der Waals surface area contributed by atoms with Crippen molar-refractivity contribution in [3.63, 3.8) is 0 Å². The van der Waals surface area contributed by atoms with E-state index in [0.717, 1.165) is 37.7 Å². The summed E-state index contributed by atoms with van der Waals surface area (Å²) in [7, 11) is 2.03. The van der Waals surface area contributed by atoms with E-state index in [-0.39, 0.29) is 0 Å². The van der Waals surface area contributed by atoms with E-state index < -0.39 is 0 Å². The molecule has 1 heterocycles. The maximum Gasteiger partial charge on any atom is 0.169 e. The van der Waals surface area contributed by atoms with Gasteiger partial charge in [0.15, 0.2) is 5.11 Å². The fraction of sp³-hybridized carbons (Fsp3) is 0.889. The molecule has 1 aliphatic heterocycles. The minimum absolute atomic E-state index is 0.469. The minimum atomic E-state index is 0.469. The van der Waals surface area contributed by atoms with Crippen LogP contribution in [0.2, 0.25) is 0 Å². The van der Waals surface area contributed by atoms with Crippen LogP contribution in [0.5, 0.6) is 0 Å². The summed E-state index contributed by atoms with van der Waals surface area (Å²) >= 11 is 5.24. The summed E-state index contributed by atoms with van der Waals surface area (Å²) in [6.45, 7) is 4.76. The van der Waals surface area contributed by atoms with Crippen molar-refractivity contribution in [2.24, 2.45) is 0 Å². The number of likely N-dealkylation sites (N-methyl/N-ethyl adjacent to an activating group) is 1. The maximum absolute atomic E-state index is 5.30. The normalized spacial score (nSPS) is 21.5. The van der Waals surface area contributed by atoms with Gasteiger partial charge in [0.2, 0.25) is 0 Å². The maximum atomic E-state index is 5.30. The summed E-state index contributed by atoms with van der Waals surface area (Å²) in [6.07, 6.45) is 2.19. The van der Waals surface area contributed by atoms with E-state index in [4.69, 9.17) is 17.0 Å². The Hall–Kier alpha value is -0.350. The van der Waals surface area contributed by atoms with Crippen LogP contribution in [0.25, 0.3) is 0 Å². The zero-order chi connectivity index (χ0) is 9.68. The topological polar surface area (TPSA) is 24.5 Å². The molecule has 3 nitrogen and oxygen atoms in total. The molecule has 1 fully saturated rings. The molecule has 0 aromatic carbocycles. The van der Waals surface area contributed by atoms with Crippen molar-refractivity contribution in [2.45, 2.75) is 25.8 Å². The number of hydrogen-bond donors (Lipinski definition) is 1. The van der Waals surface area contributed by atoms with E-state index in [1.807, 2.05) is 7.05 Å². The van der Waals surface area contributed by atoms with Gasteiger partial charge in [0.05, 0.1) is 12.6 Å². The quantitative estimate of drug-likeness (QED) is 0.690. The Bertz CT molecular complexity index is 169. The van der Waals surface area contributed by atoms with Gasteiger partial charge in [0, 0.05) is 20.2 Å². The molecule has 1 unspecified atom stereocenters. The molecule has 1 atom stereocenters. The predicted molar refractivity (Wildman–Crippen MR) is 57.9 cm³/mol. The van der Waals surface area contributed by atoms with Gasteiger partial charge < -0.3 is 15.0 Å². The van der Waals surface area contributed by atoms with Crippen LogP contribution in [0.15, 0.2) is 0 Å². The third kappa shape index (κ3) is 3.12. The molecule has 4 heteroatoms. The summed E-state index contributed by atoms with van der Waals surface area (Å²) < 4.78 is 5.30. The van der Waals surface area contributed by atoms with Crippen LogP contribution in [0.1, 0.15) is 19.8 Å². The molecule has 0 aromatic heterocycles. The second-order valence-corrected chi connectivity index (χ2v) is 3.75. The number of thiocarbonyl (C=S) groups is 1. The van der Waals surface area contributed by atoms with Crippen molar-refractivity contribution >= 4 is 17.3 Å². The highest BCUT2D eigenvalue weighted by Gasteiger charge is 2.21. The molecule has 0 radical (unpaired) electrons. The van der Waals surface area contributed by atoms with Gasteiger partial charge in [-0.3, -0.25) is 0 Å². The van der Waals surface area contributed by atoms with Gasteiger partial charge in [-0.05, 0) is 25.1 Å². The van der Waals surface area contributed by atoms with Gasteiger partial charge in [0.25, 0.3) is 0 Å². The molecular formula is C9H18N2OS. The third-order valence-corrected chi connectivity index (χ3v) is 2.73. The van der Waals surface area contributed by atoms with E-state index in [1.54, 1.807) is 0 Å². The number of ether oxygens (including phenoxy) is 1. The summed E-state index contributed by atoms with van der Waals surface area (Å²) in [6, 6.07) is 0.469. The average Bonchev–Trinajstić information content (AvgIpc) is 2.65. The van der Waals surface area contributed by atoms with Crippen molar-refractivity contribution < 1.29 is 4.74 Å². The summed E-state index contributed by atoms with van der Waals surface area (Å²) in [5, 5.41) is 4.06. The van der Waals surface area contributed by atoms with Crippen molar-refractivity contribution in [3.8, 4) is 0 Å². The summed E-state index contributed by atoms with van der Waals surface area (Å²) in [5.41, 5.74) is 0. The fourth-order valence-electron chi connectivity index (χ4n) is 1.35. The lowest BCUT2D eigenvalue weighted by atomic mass is 10.2.